The topological polar surface area (TPSA) is 131 Å². The molecule has 0 aliphatic rings. The molecular formula is C24H33Cl2N5O5. The number of carbonyl (C=O) groups excluding carboxylic acids is 2. The quantitative estimate of drug-likeness (QED) is 0.475. The number of nitrogens with two attached hydrogens (primary N) is 1. The van der Waals surface area contributed by atoms with E-state index in [1.165, 1.54) is 34.4 Å². The summed E-state index contributed by atoms with van der Waals surface area (Å²) >= 11 is 12.0. The highest BCUT2D eigenvalue weighted by Gasteiger charge is 2.28. The molecule has 1 atom stereocenters. The second-order valence-corrected chi connectivity index (χ2v) is 10.3. The van der Waals surface area contributed by atoms with Crippen molar-refractivity contribution in [3.05, 3.63) is 49.1 Å². The molecular weight excluding hydrogens is 509 g/mol. The minimum atomic E-state index is -0.957. The summed E-state index contributed by atoms with van der Waals surface area (Å²) in [6, 6.07) is 4.62. The van der Waals surface area contributed by atoms with Crippen molar-refractivity contribution in [2.24, 2.45) is 11.8 Å². The van der Waals surface area contributed by atoms with Gasteiger partial charge in [-0.25, -0.2) is 4.79 Å². The van der Waals surface area contributed by atoms with Crippen LogP contribution in [0.25, 0.3) is 0 Å². The highest BCUT2D eigenvalue weighted by Crippen LogP contribution is 2.28. The van der Waals surface area contributed by atoms with Crippen LogP contribution >= 0.6 is 23.2 Å². The van der Waals surface area contributed by atoms with Crippen molar-refractivity contribution in [2.45, 2.75) is 47.3 Å². The number of H-pyrrole nitrogens is 1. The van der Waals surface area contributed by atoms with Crippen LogP contribution in [-0.2, 0) is 16.1 Å². The zero-order valence-corrected chi connectivity index (χ0v) is 22.8. The van der Waals surface area contributed by atoms with Crippen molar-refractivity contribution in [3.63, 3.8) is 0 Å². The Balaban J connectivity index is 2.30. The van der Waals surface area contributed by atoms with E-state index >= 15 is 0 Å². The monoisotopic (exact) mass is 541 g/mol. The maximum atomic E-state index is 13.3. The number of aromatic nitrogens is 2. The minimum Gasteiger partial charge on any atom is -0.479 e. The largest absolute Gasteiger partial charge is 0.479 e. The number of hydrogen-bond acceptors (Lipinski definition) is 6. The van der Waals surface area contributed by atoms with E-state index < -0.39 is 29.2 Å². The van der Waals surface area contributed by atoms with Gasteiger partial charge in [-0.1, -0.05) is 50.9 Å². The minimum absolute atomic E-state index is 0.0338. The van der Waals surface area contributed by atoms with Gasteiger partial charge in [0.25, 0.3) is 11.5 Å². The lowest BCUT2D eigenvalue weighted by atomic mass is 10.2. The first-order valence-electron chi connectivity index (χ1n) is 11.5. The first kappa shape index (κ1) is 29.3. The Kier molecular flexibility index (Phi) is 10.0. The molecule has 198 valence electrons. The molecule has 0 aliphatic heterocycles. The first-order chi connectivity index (χ1) is 16.7. The van der Waals surface area contributed by atoms with Gasteiger partial charge in [-0.2, -0.15) is 0 Å². The fourth-order valence-electron chi connectivity index (χ4n) is 3.56. The molecule has 0 saturated heterocycles. The number of carbonyl (C=O) groups is 2. The van der Waals surface area contributed by atoms with Crippen LogP contribution in [0, 0.1) is 11.8 Å². The third-order valence-electron chi connectivity index (χ3n) is 5.17. The van der Waals surface area contributed by atoms with Crippen molar-refractivity contribution in [1.82, 2.24) is 14.5 Å². The molecule has 2 rings (SSSR count). The molecule has 0 aliphatic carbocycles. The van der Waals surface area contributed by atoms with E-state index in [9.17, 15) is 19.2 Å². The third-order valence-corrected chi connectivity index (χ3v) is 5.71. The Morgan fingerprint density at radius 1 is 1.11 bits per heavy atom. The molecule has 0 fully saturated rings. The number of benzene rings is 1. The molecule has 2 amide bonds. The van der Waals surface area contributed by atoms with Crippen LogP contribution in [0.2, 0.25) is 10.0 Å². The van der Waals surface area contributed by atoms with Crippen molar-refractivity contribution in [2.75, 3.05) is 30.8 Å². The Hall–Kier alpha value is -2.98. The average molecular weight is 542 g/mol. The van der Waals surface area contributed by atoms with E-state index in [2.05, 4.69) is 4.98 Å². The van der Waals surface area contributed by atoms with Gasteiger partial charge in [0.2, 0.25) is 5.91 Å². The number of nitrogens with zero attached hydrogens (tertiary/aromatic N) is 3. The SMILES string of the molecule is CC(C)CN(C(=O)CN(C)C(=O)C(C)Oc1ccc(Cl)cc1Cl)c1c(N)n(CC(C)C)c(=O)[nH]c1=O. The van der Waals surface area contributed by atoms with Crippen LogP contribution in [0.4, 0.5) is 11.5 Å². The molecule has 1 unspecified atom stereocenters. The summed E-state index contributed by atoms with van der Waals surface area (Å²) in [6.07, 6.45) is -0.957. The summed E-state index contributed by atoms with van der Waals surface area (Å²) in [6.45, 7) is 9.13. The Labute approximate surface area is 219 Å². The van der Waals surface area contributed by atoms with E-state index in [0.29, 0.717) is 5.02 Å². The van der Waals surface area contributed by atoms with Crippen LogP contribution in [0.5, 0.6) is 5.75 Å². The zero-order chi connectivity index (χ0) is 27.3. The molecule has 2 aromatic rings. The Morgan fingerprint density at radius 2 is 1.75 bits per heavy atom. The molecule has 3 N–H and O–H groups in total. The number of ether oxygens (including phenoxy) is 1. The number of anilines is 2. The lowest BCUT2D eigenvalue weighted by Gasteiger charge is -2.29. The summed E-state index contributed by atoms with van der Waals surface area (Å²) in [5, 5.41) is 0.670. The second-order valence-electron chi connectivity index (χ2n) is 9.42. The fourth-order valence-corrected chi connectivity index (χ4v) is 4.01. The summed E-state index contributed by atoms with van der Waals surface area (Å²) in [7, 11) is 1.45. The number of halogens is 2. The summed E-state index contributed by atoms with van der Waals surface area (Å²) in [4.78, 5) is 56.0. The van der Waals surface area contributed by atoms with Crippen LogP contribution in [-0.4, -0.2) is 52.5 Å². The van der Waals surface area contributed by atoms with Crippen LogP contribution in [0.15, 0.2) is 27.8 Å². The number of nitrogen functional groups attached to an aromatic ring is 1. The van der Waals surface area contributed by atoms with Gasteiger partial charge in [0.15, 0.2) is 11.8 Å². The van der Waals surface area contributed by atoms with Gasteiger partial charge in [0.05, 0.1) is 11.6 Å². The van der Waals surface area contributed by atoms with Gasteiger partial charge in [-0.3, -0.25) is 23.9 Å². The molecule has 12 heteroatoms. The predicted octanol–water partition coefficient (Wildman–Crippen LogP) is 3.00. The average Bonchev–Trinajstić information content (AvgIpc) is 2.76. The molecule has 0 saturated carbocycles. The van der Waals surface area contributed by atoms with E-state index in [4.69, 9.17) is 33.7 Å². The van der Waals surface area contributed by atoms with Gasteiger partial charge in [0, 0.05) is 25.2 Å². The maximum absolute atomic E-state index is 13.3. The maximum Gasteiger partial charge on any atom is 0.330 e. The third kappa shape index (κ3) is 7.27. The number of rotatable bonds is 10. The van der Waals surface area contributed by atoms with Gasteiger partial charge in [0.1, 0.15) is 11.6 Å². The fraction of sp³-hybridized carbons (Fsp3) is 0.500. The molecule has 0 radical (unpaired) electrons. The first-order valence-corrected chi connectivity index (χ1v) is 12.3. The van der Waals surface area contributed by atoms with E-state index in [1.54, 1.807) is 12.1 Å². The zero-order valence-electron chi connectivity index (χ0n) is 21.3. The molecule has 10 nitrogen and oxygen atoms in total. The van der Waals surface area contributed by atoms with Crippen molar-refractivity contribution >= 4 is 46.5 Å². The second kappa shape index (κ2) is 12.3. The normalized spacial score (nSPS) is 12.1. The van der Waals surface area contributed by atoms with E-state index in [1.807, 2.05) is 27.7 Å². The summed E-state index contributed by atoms with van der Waals surface area (Å²) in [5.41, 5.74) is 4.69. The molecule has 1 aromatic heterocycles. The number of likely N-dealkylation sites (N-methyl/N-ethyl adjacent to an activating group) is 1. The van der Waals surface area contributed by atoms with Crippen LogP contribution < -0.4 is 26.6 Å². The van der Waals surface area contributed by atoms with Crippen LogP contribution in [0.1, 0.15) is 34.6 Å². The van der Waals surface area contributed by atoms with Crippen molar-refractivity contribution < 1.29 is 14.3 Å². The summed E-state index contributed by atoms with van der Waals surface area (Å²) < 4.78 is 6.90. The van der Waals surface area contributed by atoms with E-state index in [0.717, 1.165) is 0 Å². The predicted molar refractivity (Wildman–Crippen MR) is 142 cm³/mol. The van der Waals surface area contributed by atoms with Crippen LogP contribution in [0.3, 0.4) is 0 Å². The number of amides is 2. The van der Waals surface area contributed by atoms with Gasteiger partial charge < -0.3 is 20.3 Å². The van der Waals surface area contributed by atoms with Crippen molar-refractivity contribution in [3.8, 4) is 5.75 Å². The van der Waals surface area contributed by atoms with Gasteiger partial charge in [-0.15, -0.1) is 0 Å². The molecule has 1 aromatic carbocycles. The van der Waals surface area contributed by atoms with Crippen molar-refractivity contribution in [1.29, 1.82) is 0 Å². The molecule has 1 heterocycles. The number of hydrogen-bond donors (Lipinski definition) is 2. The lowest BCUT2D eigenvalue weighted by Crippen LogP contribution is -2.48. The molecule has 0 spiro atoms. The highest BCUT2D eigenvalue weighted by molar-refractivity contribution is 6.35. The van der Waals surface area contributed by atoms with E-state index in [-0.39, 0.29) is 53.7 Å². The number of aromatic amines is 1. The Bertz CT molecular complexity index is 1220. The lowest BCUT2D eigenvalue weighted by molar-refractivity contribution is -0.139. The van der Waals surface area contributed by atoms with Gasteiger partial charge in [-0.05, 0) is 37.0 Å². The molecule has 36 heavy (non-hydrogen) atoms. The Morgan fingerprint density at radius 3 is 2.31 bits per heavy atom. The highest BCUT2D eigenvalue weighted by atomic mass is 35.5. The summed E-state index contributed by atoms with van der Waals surface area (Å²) in [5.74, 6) is -0.816. The molecule has 0 bridgehead atoms. The standard InChI is InChI=1S/C24H33Cl2N5O5/c1-13(2)10-30(20-21(27)31(11-14(3)4)24(35)28-22(20)33)19(32)12-29(6)23(34)15(5)36-18-8-7-16(25)9-17(18)26/h7-9,13-15H,10-12,27H2,1-6H3,(H,28,33,35). The number of nitrogens with one attached hydrogen (secondary N) is 1. The smallest absolute Gasteiger partial charge is 0.330 e. The van der Waals surface area contributed by atoms with Gasteiger partial charge >= 0.3 is 5.69 Å².